The molecule has 0 saturated heterocycles. The quantitative estimate of drug-likeness (QED) is 0.707. The van der Waals surface area contributed by atoms with Crippen LogP contribution >= 0.6 is 0 Å². The van der Waals surface area contributed by atoms with E-state index in [0.29, 0.717) is 0 Å². The monoisotopic (exact) mass is 228 g/mol. The molecule has 0 amide bonds. The molecule has 0 radical (unpaired) electrons. The minimum Gasteiger partial charge on any atom is -0.385 e. The van der Waals surface area contributed by atoms with Gasteiger partial charge in [0.25, 0.3) is 0 Å². The first-order valence-corrected chi connectivity index (χ1v) is 6.55. The molecule has 1 aliphatic carbocycles. The normalized spacial score (nSPS) is 22.3. The molecule has 1 aliphatic rings. The van der Waals surface area contributed by atoms with Crippen LogP contribution in [0, 0.1) is 0 Å². The average Bonchev–Trinajstić information content (AvgIpc) is 2.30. The summed E-state index contributed by atoms with van der Waals surface area (Å²) in [4.78, 5) is 2.36. The first kappa shape index (κ1) is 13.9. The smallest absolute Gasteiger partial charge is 0.0462 e. The summed E-state index contributed by atoms with van der Waals surface area (Å²) < 4.78 is 5.10. The molecule has 3 heteroatoms. The van der Waals surface area contributed by atoms with Crippen molar-refractivity contribution >= 4 is 0 Å². The zero-order valence-corrected chi connectivity index (χ0v) is 11.2. The fraction of sp³-hybridized carbons (Fsp3) is 1.00. The second kappa shape index (κ2) is 6.58. The van der Waals surface area contributed by atoms with Crippen LogP contribution in [0.2, 0.25) is 0 Å². The first-order chi connectivity index (χ1) is 7.63. The Balaban J connectivity index is 2.54. The number of nitrogens with two attached hydrogens (primary N) is 1. The summed E-state index contributed by atoms with van der Waals surface area (Å²) in [5.74, 6) is 0. The lowest BCUT2D eigenvalue weighted by atomic mass is 9.74. The maximum Gasteiger partial charge on any atom is 0.0462 e. The molecule has 96 valence electrons. The van der Waals surface area contributed by atoms with Crippen molar-refractivity contribution in [1.29, 1.82) is 0 Å². The van der Waals surface area contributed by atoms with Gasteiger partial charge in [-0.3, -0.25) is 0 Å². The molecule has 0 aromatic rings. The lowest BCUT2D eigenvalue weighted by molar-refractivity contribution is 0.0642. The molecule has 2 N–H and O–H groups in total. The lowest BCUT2D eigenvalue weighted by Gasteiger charge is -2.47. The van der Waals surface area contributed by atoms with Gasteiger partial charge in [-0.25, -0.2) is 0 Å². The van der Waals surface area contributed by atoms with Crippen molar-refractivity contribution in [2.45, 2.75) is 56.5 Å². The molecule has 1 rings (SSSR count). The highest BCUT2D eigenvalue weighted by molar-refractivity contribution is 4.98. The summed E-state index contributed by atoms with van der Waals surface area (Å²) in [6, 6.07) is 0.290. The number of ether oxygens (including phenoxy) is 1. The number of methoxy groups -OCH3 is 1. The topological polar surface area (TPSA) is 38.5 Å². The van der Waals surface area contributed by atoms with Gasteiger partial charge in [0.15, 0.2) is 0 Å². The fourth-order valence-corrected chi connectivity index (χ4v) is 3.03. The molecule has 1 unspecified atom stereocenters. The molecular weight excluding hydrogens is 200 g/mol. The minimum atomic E-state index is 0.242. The molecule has 3 nitrogen and oxygen atoms in total. The molecular formula is C13H28N2O. The summed E-state index contributed by atoms with van der Waals surface area (Å²) in [5, 5.41) is 0. The Morgan fingerprint density at radius 3 is 2.38 bits per heavy atom. The predicted molar refractivity (Wildman–Crippen MR) is 68.6 cm³/mol. The molecule has 0 spiro atoms. The highest BCUT2D eigenvalue weighted by Crippen LogP contribution is 2.35. The van der Waals surface area contributed by atoms with E-state index in [1.807, 2.05) is 0 Å². The summed E-state index contributed by atoms with van der Waals surface area (Å²) in [6.07, 6.45) is 8.70. The van der Waals surface area contributed by atoms with Crippen molar-refractivity contribution < 1.29 is 4.74 Å². The van der Waals surface area contributed by atoms with Gasteiger partial charge in [-0.1, -0.05) is 19.3 Å². The van der Waals surface area contributed by atoms with Crippen molar-refractivity contribution in [2.75, 3.05) is 27.8 Å². The molecule has 0 heterocycles. The number of rotatable bonds is 6. The third-order valence-corrected chi connectivity index (χ3v) is 4.16. The van der Waals surface area contributed by atoms with Crippen LogP contribution in [0.4, 0.5) is 0 Å². The maximum atomic E-state index is 6.43. The van der Waals surface area contributed by atoms with Gasteiger partial charge in [0.2, 0.25) is 0 Å². The summed E-state index contributed by atoms with van der Waals surface area (Å²) in [5.41, 5.74) is 6.67. The SMILES string of the molecule is COCCCC(N)C1(N(C)C)CCCCC1. The van der Waals surface area contributed by atoms with Gasteiger partial charge < -0.3 is 15.4 Å². The van der Waals surface area contributed by atoms with Crippen LogP contribution in [-0.4, -0.2) is 44.3 Å². The molecule has 0 aromatic heterocycles. The second-order valence-electron chi connectivity index (χ2n) is 5.30. The van der Waals surface area contributed by atoms with Crippen LogP contribution in [0.15, 0.2) is 0 Å². The molecule has 1 saturated carbocycles. The van der Waals surface area contributed by atoms with E-state index in [2.05, 4.69) is 19.0 Å². The predicted octanol–water partition coefficient (Wildman–Crippen LogP) is 2.00. The van der Waals surface area contributed by atoms with Crippen LogP contribution in [0.1, 0.15) is 44.9 Å². The summed E-state index contributed by atoms with van der Waals surface area (Å²) in [6.45, 7) is 0.831. The van der Waals surface area contributed by atoms with Crippen molar-refractivity contribution in [3.63, 3.8) is 0 Å². The summed E-state index contributed by atoms with van der Waals surface area (Å²) >= 11 is 0. The van der Waals surface area contributed by atoms with Crippen molar-refractivity contribution in [1.82, 2.24) is 4.90 Å². The van der Waals surface area contributed by atoms with E-state index in [1.165, 1.54) is 32.1 Å². The second-order valence-corrected chi connectivity index (χ2v) is 5.30. The van der Waals surface area contributed by atoms with Crippen molar-refractivity contribution in [3.8, 4) is 0 Å². The van der Waals surface area contributed by atoms with Gasteiger partial charge in [0.05, 0.1) is 0 Å². The minimum absolute atomic E-state index is 0.242. The Kier molecular flexibility index (Phi) is 5.73. The van der Waals surface area contributed by atoms with E-state index in [1.54, 1.807) is 7.11 Å². The Morgan fingerprint density at radius 2 is 1.88 bits per heavy atom. The average molecular weight is 228 g/mol. The van der Waals surface area contributed by atoms with Crippen LogP contribution in [0.3, 0.4) is 0 Å². The number of nitrogens with zero attached hydrogens (tertiary/aromatic N) is 1. The largest absolute Gasteiger partial charge is 0.385 e. The van der Waals surface area contributed by atoms with Gasteiger partial charge >= 0.3 is 0 Å². The van der Waals surface area contributed by atoms with Crippen molar-refractivity contribution in [2.24, 2.45) is 5.73 Å². The molecule has 16 heavy (non-hydrogen) atoms. The van der Waals surface area contributed by atoms with E-state index in [0.717, 1.165) is 19.4 Å². The zero-order chi connectivity index (χ0) is 12.0. The first-order valence-electron chi connectivity index (χ1n) is 6.55. The van der Waals surface area contributed by atoms with Crippen LogP contribution < -0.4 is 5.73 Å². The summed E-state index contributed by atoms with van der Waals surface area (Å²) in [7, 11) is 6.12. The van der Waals surface area contributed by atoms with E-state index < -0.39 is 0 Å². The molecule has 0 aromatic carbocycles. The van der Waals surface area contributed by atoms with Gasteiger partial charge in [0.1, 0.15) is 0 Å². The highest BCUT2D eigenvalue weighted by atomic mass is 16.5. The molecule has 1 atom stereocenters. The Bertz CT molecular complexity index is 188. The zero-order valence-electron chi connectivity index (χ0n) is 11.2. The van der Waals surface area contributed by atoms with E-state index in [4.69, 9.17) is 10.5 Å². The third-order valence-electron chi connectivity index (χ3n) is 4.16. The molecule has 0 aliphatic heterocycles. The molecule has 1 fully saturated rings. The number of likely N-dealkylation sites (N-methyl/N-ethyl adjacent to an activating group) is 1. The van der Waals surface area contributed by atoms with Crippen LogP contribution in [-0.2, 0) is 4.74 Å². The van der Waals surface area contributed by atoms with Crippen molar-refractivity contribution in [3.05, 3.63) is 0 Å². The van der Waals surface area contributed by atoms with Crippen LogP contribution in [0.25, 0.3) is 0 Å². The number of hydrogen-bond donors (Lipinski definition) is 1. The van der Waals surface area contributed by atoms with Gasteiger partial charge in [-0.05, 0) is 39.8 Å². The lowest BCUT2D eigenvalue weighted by Crippen LogP contribution is -2.58. The van der Waals surface area contributed by atoms with E-state index >= 15 is 0 Å². The highest BCUT2D eigenvalue weighted by Gasteiger charge is 2.39. The fourth-order valence-electron chi connectivity index (χ4n) is 3.03. The Morgan fingerprint density at radius 1 is 1.25 bits per heavy atom. The third kappa shape index (κ3) is 3.19. The van der Waals surface area contributed by atoms with Crippen LogP contribution in [0.5, 0.6) is 0 Å². The maximum absolute atomic E-state index is 6.43. The van der Waals surface area contributed by atoms with Gasteiger partial charge in [-0.2, -0.15) is 0 Å². The van der Waals surface area contributed by atoms with E-state index in [-0.39, 0.29) is 11.6 Å². The Hall–Kier alpha value is -0.120. The Labute approximate surface area is 100 Å². The number of hydrogen-bond acceptors (Lipinski definition) is 3. The standard InChI is InChI=1S/C13H28N2O/c1-15(2)13(9-5-4-6-10-13)12(14)8-7-11-16-3/h12H,4-11,14H2,1-3H3. The van der Waals surface area contributed by atoms with E-state index in [9.17, 15) is 0 Å². The van der Waals surface area contributed by atoms with Gasteiger partial charge in [0, 0.05) is 25.3 Å². The molecule has 0 bridgehead atoms. The van der Waals surface area contributed by atoms with Gasteiger partial charge in [-0.15, -0.1) is 0 Å².